The van der Waals surface area contributed by atoms with Crippen molar-refractivity contribution in [3.63, 3.8) is 0 Å². The van der Waals surface area contributed by atoms with Crippen LogP contribution in [0.1, 0.15) is 29.0 Å². The Morgan fingerprint density at radius 3 is 2.52 bits per heavy atom. The molecule has 0 spiro atoms. The number of methoxy groups -OCH3 is 1. The fraction of sp³-hybridized carbons (Fsp3) is 0.316. The van der Waals surface area contributed by atoms with Crippen molar-refractivity contribution in [3.8, 4) is 0 Å². The molecule has 0 aliphatic heterocycles. The summed E-state index contributed by atoms with van der Waals surface area (Å²) in [5.41, 5.74) is 4.58. The molecule has 0 heterocycles. The molecule has 0 aliphatic rings. The maximum absolute atomic E-state index is 13.3. The first kappa shape index (κ1) is 19.4. The van der Waals surface area contributed by atoms with Gasteiger partial charge in [-0.25, -0.2) is 9.87 Å². The SMILES string of the molecule is COC(CC(=O)NO)C(Cc1ccc(Cl)cc1C)c1ccc(F)cc1. The quantitative estimate of drug-likeness (QED) is 0.575. The molecule has 0 saturated carbocycles. The van der Waals surface area contributed by atoms with E-state index in [1.165, 1.54) is 19.2 Å². The van der Waals surface area contributed by atoms with Crippen molar-refractivity contribution in [3.05, 3.63) is 70.0 Å². The number of halogens is 2. The number of hydrogen-bond acceptors (Lipinski definition) is 3. The van der Waals surface area contributed by atoms with Crippen LogP contribution in [0.3, 0.4) is 0 Å². The van der Waals surface area contributed by atoms with Gasteiger partial charge in [-0.2, -0.15) is 0 Å². The molecule has 0 radical (unpaired) electrons. The van der Waals surface area contributed by atoms with E-state index in [-0.39, 0.29) is 18.2 Å². The van der Waals surface area contributed by atoms with Crippen LogP contribution in [0.5, 0.6) is 0 Å². The first-order valence-electron chi connectivity index (χ1n) is 7.90. The number of ether oxygens (including phenoxy) is 1. The molecule has 1 amide bonds. The highest BCUT2D eigenvalue weighted by Crippen LogP contribution is 2.30. The van der Waals surface area contributed by atoms with E-state index in [0.717, 1.165) is 16.7 Å². The second-order valence-electron chi connectivity index (χ2n) is 5.95. The molecule has 0 saturated heterocycles. The third-order valence-electron chi connectivity index (χ3n) is 4.31. The molecule has 2 aromatic carbocycles. The van der Waals surface area contributed by atoms with E-state index < -0.39 is 12.0 Å². The molecule has 134 valence electrons. The molecular weight excluding hydrogens is 345 g/mol. The van der Waals surface area contributed by atoms with E-state index in [0.29, 0.717) is 11.4 Å². The second kappa shape index (κ2) is 8.94. The lowest BCUT2D eigenvalue weighted by atomic mass is 9.84. The van der Waals surface area contributed by atoms with Crippen molar-refractivity contribution in [2.45, 2.75) is 31.8 Å². The van der Waals surface area contributed by atoms with Crippen molar-refractivity contribution >= 4 is 17.5 Å². The molecule has 25 heavy (non-hydrogen) atoms. The highest BCUT2D eigenvalue weighted by Gasteiger charge is 2.26. The van der Waals surface area contributed by atoms with Crippen LogP contribution in [0.4, 0.5) is 4.39 Å². The van der Waals surface area contributed by atoms with Gasteiger partial charge in [-0.15, -0.1) is 0 Å². The van der Waals surface area contributed by atoms with Crippen molar-refractivity contribution in [1.82, 2.24) is 5.48 Å². The van der Waals surface area contributed by atoms with E-state index in [2.05, 4.69) is 0 Å². The van der Waals surface area contributed by atoms with Gasteiger partial charge in [0.2, 0.25) is 5.91 Å². The summed E-state index contributed by atoms with van der Waals surface area (Å²) in [6, 6.07) is 11.8. The van der Waals surface area contributed by atoms with Crippen LogP contribution in [-0.2, 0) is 16.0 Å². The number of aryl methyl sites for hydroxylation is 1. The molecule has 2 N–H and O–H groups in total. The van der Waals surface area contributed by atoms with E-state index in [9.17, 15) is 9.18 Å². The van der Waals surface area contributed by atoms with Crippen LogP contribution in [-0.4, -0.2) is 24.3 Å². The summed E-state index contributed by atoms with van der Waals surface area (Å²) in [5.74, 6) is -1.05. The van der Waals surface area contributed by atoms with Crippen molar-refractivity contribution in [1.29, 1.82) is 0 Å². The van der Waals surface area contributed by atoms with Crippen LogP contribution in [0.25, 0.3) is 0 Å². The third kappa shape index (κ3) is 5.26. The summed E-state index contributed by atoms with van der Waals surface area (Å²) < 4.78 is 18.8. The highest BCUT2D eigenvalue weighted by molar-refractivity contribution is 6.30. The van der Waals surface area contributed by atoms with Gasteiger partial charge in [-0.05, 0) is 54.3 Å². The van der Waals surface area contributed by atoms with Crippen molar-refractivity contribution in [2.75, 3.05) is 7.11 Å². The van der Waals surface area contributed by atoms with Crippen LogP contribution in [0, 0.1) is 12.7 Å². The smallest absolute Gasteiger partial charge is 0.245 e. The van der Waals surface area contributed by atoms with Crippen molar-refractivity contribution in [2.24, 2.45) is 0 Å². The van der Waals surface area contributed by atoms with Crippen LogP contribution < -0.4 is 5.48 Å². The Hall–Kier alpha value is -1.95. The van der Waals surface area contributed by atoms with Gasteiger partial charge in [0.25, 0.3) is 0 Å². The molecule has 4 nitrogen and oxygen atoms in total. The summed E-state index contributed by atoms with van der Waals surface area (Å²) in [7, 11) is 1.51. The van der Waals surface area contributed by atoms with Gasteiger partial charge in [-0.1, -0.05) is 29.8 Å². The number of benzene rings is 2. The predicted molar refractivity (Wildman–Crippen MR) is 94.4 cm³/mol. The van der Waals surface area contributed by atoms with E-state index in [1.807, 2.05) is 25.1 Å². The Morgan fingerprint density at radius 2 is 1.96 bits per heavy atom. The third-order valence-corrected chi connectivity index (χ3v) is 4.54. The number of hydrogen-bond donors (Lipinski definition) is 2. The molecule has 0 fully saturated rings. The van der Waals surface area contributed by atoms with Gasteiger partial charge in [0.1, 0.15) is 5.82 Å². The molecule has 0 aliphatic carbocycles. The van der Waals surface area contributed by atoms with Gasteiger partial charge in [0, 0.05) is 18.1 Å². The highest BCUT2D eigenvalue weighted by atomic mass is 35.5. The standard InChI is InChI=1S/C19H21ClFNO3/c1-12-9-15(20)6-3-14(12)10-17(13-4-7-16(21)8-5-13)18(25-2)11-19(23)22-24/h3-9,17-18,24H,10-11H2,1-2H3,(H,22,23). The Kier molecular flexibility index (Phi) is 6.93. The zero-order chi connectivity index (χ0) is 18.4. The van der Waals surface area contributed by atoms with Crippen LogP contribution in [0.15, 0.2) is 42.5 Å². The average Bonchev–Trinajstić information content (AvgIpc) is 2.60. The molecule has 6 heteroatoms. The predicted octanol–water partition coefficient (Wildman–Crippen LogP) is 4.02. The van der Waals surface area contributed by atoms with Gasteiger partial charge in [0.15, 0.2) is 0 Å². The summed E-state index contributed by atoms with van der Waals surface area (Å²) in [5, 5.41) is 9.47. The topological polar surface area (TPSA) is 58.6 Å². The molecule has 2 atom stereocenters. The molecule has 2 aromatic rings. The number of carbonyl (C=O) groups is 1. The Balaban J connectivity index is 2.36. The molecule has 0 bridgehead atoms. The maximum atomic E-state index is 13.3. The number of amides is 1. The second-order valence-corrected chi connectivity index (χ2v) is 6.38. The lowest BCUT2D eigenvalue weighted by molar-refractivity contribution is -0.132. The summed E-state index contributed by atoms with van der Waals surface area (Å²) >= 11 is 6.02. The molecule has 2 rings (SSSR count). The zero-order valence-corrected chi connectivity index (χ0v) is 14.9. The minimum absolute atomic E-state index is 0.0122. The van der Waals surface area contributed by atoms with Gasteiger partial charge in [-0.3, -0.25) is 10.0 Å². The largest absolute Gasteiger partial charge is 0.380 e. The van der Waals surface area contributed by atoms with Gasteiger partial charge < -0.3 is 4.74 Å². The minimum Gasteiger partial charge on any atom is -0.380 e. The van der Waals surface area contributed by atoms with Gasteiger partial charge in [0.05, 0.1) is 12.5 Å². The normalized spacial score (nSPS) is 13.3. The fourth-order valence-corrected chi connectivity index (χ4v) is 3.14. The Labute approximate surface area is 151 Å². The lowest BCUT2D eigenvalue weighted by Gasteiger charge is -2.27. The van der Waals surface area contributed by atoms with Gasteiger partial charge >= 0.3 is 0 Å². The molecule has 2 unspecified atom stereocenters. The molecular formula is C19H21ClFNO3. The first-order valence-corrected chi connectivity index (χ1v) is 8.28. The lowest BCUT2D eigenvalue weighted by Crippen LogP contribution is -2.31. The monoisotopic (exact) mass is 365 g/mol. The summed E-state index contributed by atoms with van der Waals surface area (Å²) in [6.07, 6.45) is 0.0979. The number of nitrogens with one attached hydrogen (secondary N) is 1. The fourth-order valence-electron chi connectivity index (χ4n) is 2.92. The van der Waals surface area contributed by atoms with Crippen LogP contribution in [0.2, 0.25) is 5.02 Å². The maximum Gasteiger partial charge on any atom is 0.245 e. The van der Waals surface area contributed by atoms with E-state index in [1.54, 1.807) is 17.6 Å². The number of rotatable bonds is 7. The average molecular weight is 366 g/mol. The minimum atomic E-state index is -0.535. The summed E-state index contributed by atoms with van der Waals surface area (Å²) in [6.45, 7) is 1.96. The first-order chi connectivity index (χ1) is 11.9. The van der Waals surface area contributed by atoms with Crippen LogP contribution >= 0.6 is 11.6 Å². The van der Waals surface area contributed by atoms with E-state index in [4.69, 9.17) is 21.5 Å². The van der Waals surface area contributed by atoms with Crippen molar-refractivity contribution < 1.29 is 19.1 Å². The number of carbonyl (C=O) groups excluding carboxylic acids is 1. The Morgan fingerprint density at radius 1 is 1.28 bits per heavy atom. The summed E-state index contributed by atoms with van der Waals surface area (Å²) in [4.78, 5) is 11.6. The Bertz CT molecular complexity index is 721. The zero-order valence-electron chi connectivity index (χ0n) is 14.1. The molecule has 0 aromatic heterocycles. The van der Waals surface area contributed by atoms with E-state index >= 15 is 0 Å². The number of hydroxylamine groups is 1.